The van der Waals surface area contributed by atoms with Gasteiger partial charge in [0.25, 0.3) is 5.91 Å². The Labute approximate surface area is 129 Å². The van der Waals surface area contributed by atoms with Gasteiger partial charge in [0.15, 0.2) is 17.6 Å². The zero-order chi connectivity index (χ0) is 17.9. The first kappa shape index (κ1) is 18.7. The van der Waals surface area contributed by atoms with Gasteiger partial charge in [-0.05, 0) is 4.92 Å². The molecule has 0 aromatic rings. The number of nitrogens with zero attached hydrogens (tertiary/aromatic N) is 3. The maximum absolute atomic E-state index is 12.2. The molecule has 1 saturated heterocycles. The van der Waals surface area contributed by atoms with E-state index in [4.69, 9.17) is 27.2 Å². The van der Waals surface area contributed by atoms with Crippen LogP contribution in [0.2, 0.25) is 0 Å². The fourth-order valence-corrected chi connectivity index (χ4v) is 1.90. The molecule has 1 aliphatic rings. The third kappa shape index (κ3) is 3.54. The molecule has 23 heavy (non-hydrogen) atoms. The van der Waals surface area contributed by atoms with Crippen LogP contribution in [0.15, 0.2) is 16.5 Å². The molecule has 1 fully saturated rings. The number of nitrogens with two attached hydrogens (primary N) is 3. The van der Waals surface area contributed by atoms with Crippen molar-refractivity contribution in [3.63, 3.8) is 0 Å². The Morgan fingerprint density at radius 2 is 1.96 bits per heavy atom. The summed E-state index contributed by atoms with van der Waals surface area (Å²) >= 11 is 0. The van der Waals surface area contributed by atoms with E-state index in [0.29, 0.717) is 5.01 Å². The minimum Gasteiger partial charge on any atom is -0.394 e. The molecule has 9 N–H and O–H groups in total. The van der Waals surface area contributed by atoms with Crippen molar-refractivity contribution in [3.05, 3.63) is 21.6 Å². The smallest absolute Gasteiger partial charge is 0.339 e. The number of rotatable bonds is 5. The molecule has 0 aromatic heterocycles. The van der Waals surface area contributed by atoms with E-state index in [1.165, 1.54) is 0 Å². The minimum atomic E-state index is -1.61. The second kappa shape index (κ2) is 7.30. The van der Waals surface area contributed by atoms with Crippen LogP contribution in [0, 0.1) is 10.1 Å². The highest BCUT2D eigenvalue weighted by molar-refractivity contribution is 6.44. The van der Waals surface area contributed by atoms with Gasteiger partial charge in [0, 0.05) is 7.05 Å². The van der Waals surface area contributed by atoms with Gasteiger partial charge < -0.3 is 35.9 Å². The number of carbonyl (C=O) groups excluding carboxylic acids is 1. The van der Waals surface area contributed by atoms with Crippen molar-refractivity contribution in [1.29, 1.82) is 0 Å². The highest BCUT2D eigenvalue weighted by atomic mass is 16.6. The van der Waals surface area contributed by atoms with Gasteiger partial charge in [0.1, 0.15) is 18.3 Å². The lowest BCUT2D eigenvalue weighted by molar-refractivity contribution is -0.427. The van der Waals surface area contributed by atoms with Crippen molar-refractivity contribution in [3.8, 4) is 0 Å². The molecule has 1 rings (SSSR count). The average molecular weight is 334 g/mol. The van der Waals surface area contributed by atoms with E-state index in [1.807, 2.05) is 0 Å². The Kier molecular flexibility index (Phi) is 5.94. The molecule has 0 radical (unpaired) electrons. The number of aliphatic imine (C=N–C) groups is 1. The van der Waals surface area contributed by atoms with Gasteiger partial charge in [0.05, 0.1) is 6.61 Å². The van der Waals surface area contributed by atoms with Crippen molar-refractivity contribution >= 4 is 11.6 Å². The fourth-order valence-electron chi connectivity index (χ4n) is 1.90. The van der Waals surface area contributed by atoms with Crippen molar-refractivity contribution < 1.29 is 29.8 Å². The predicted molar refractivity (Wildman–Crippen MR) is 74.5 cm³/mol. The van der Waals surface area contributed by atoms with Crippen LogP contribution in [0.5, 0.6) is 0 Å². The molecular weight excluding hydrogens is 316 g/mol. The zero-order valence-electron chi connectivity index (χ0n) is 12.1. The number of hydrogen-bond donors (Lipinski definition) is 6. The average Bonchev–Trinajstić information content (AvgIpc) is 2.81. The number of hydrazine groups is 1. The minimum absolute atomic E-state index is 0.353. The maximum Gasteiger partial charge on any atom is 0.339 e. The number of ether oxygens (including phenoxy) is 1. The summed E-state index contributed by atoms with van der Waals surface area (Å²) in [6, 6.07) is 0. The summed E-state index contributed by atoms with van der Waals surface area (Å²) in [5.74, 6) is 3.38. The summed E-state index contributed by atoms with van der Waals surface area (Å²) in [5, 5.41) is 39.3. The number of hydrogen-bond acceptors (Lipinski definition) is 11. The SMILES string of the molecule is CN=C(C(=O)N(N)C1OC(CO)C(O)C1O)/C(N)=C(\N)[N+](=O)[O-]. The van der Waals surface area contributed by atoms with E-state index >= 15 is 0 Å². The molecule has 0 saturated carbocycles. The number of carbonyl (C=O) groups is 1. The van der Waals surface area contributed by atoms with Gasteiger partial charge in [-0.2, -0.15) is 0 Å². The molecule has 13 heteroatoms. The van der Waals surface area contributed by atoms with Crippen LogP contribution in [0.4, 0.5) is 0 Å². The molecule has 4 unspecified atom stereocenters. The molecule has 130 valence electrons. The standard InChI is InChI=1S/C10H18N6O7/c1-14-5(4(11)8(12)16(21)22)9(20)15(13)10-7(19)6(18)3(2-17)23-10/h3,6-7,10,17-19H,2,11-13H2,1H3/b8-4-,14-5?. The third-order valence-corrected chi connectivity index (χ3v) is 3.18. The third-order valence-electron chi connectivity index (χ3n) is 3.18. The molecule has 0 bridgehead atoms. The zero-order valence-corrected chi connectivity index (χ0v) is 12.1. The van der Waals surface area contributed by atoms with Crippen molar-refractivity contribution in [2.45, 2.75) is 24.5 Å². The number of aliphatic hydroxyl groups excluding tert-OH is 3. The summed E-state index contributed by atoms with van der Waals surface area (Å²) in [7, 11) is 1.12. The Morgan fingerprint density at radius 3 is 2.35 bits per heavy atom. The van der Waals surface area contributed by atoms with E-state index in [1.54, 1.807) is 0 Å². The van der Waals surface area contributed by atoms with Gasteiger partial charge in [-0.1, -0.05) is 0 Å². The van der Waals surface area contributed by atoms with Crippen LogP contribution < -0.4 is 17.3 Å². The van der Waals surface area contributed by atoms with Crippen molar-refractivity contribution in [2.24, 2.45) is 22.3 Å². The van der Waals surface area contributed by atoms with Crippen LogP contribution >= 0.6 is 0 Å². The van der Waals surface area contributed by atoms with Crippen LogP contribution in [-0.4, -0.2) is 75.1 Å². The highest BCUT2D eigenvalue weighted by Crippen LogP contribution is 2.22. The summed E-state index contributed by atoms with van der Waals surface area (Å²) in [6.45, 7) is -0.623. The van der Waals surface area contributed by atoms with Crippen molar-refractivity contribution in [2.75, 3.05) is 13.7 Å². The van der Waals surface area contributed by atoms with Crippen LogP contribution in [0.3, 0.4) is 0 Å². The van der Waals surface area contributed by atoms with Crippen molar-refractivity contribution in [1.82, 2.24) is 5.01 Å². The molecule has 0 aliphatic carbocycles. The number of amides is 1. The monoisotopic (exact) mass is 334 g/mol. The molecule has 0 spiro atoms. The number of nitro groups is 1. The number of aliphatic hydroxyl groups is 3. The van der Waals surface area contributed by atoms with Gasteiger partial charge in [-0.25, -0.2) is 10.9 Å². The van der Waals surface area contributed by atoms with Gasteiger partial charge in [-0.15, -0.1) is 0 Å². The van der Waals surface area contributed by atoms with Crippen LogP contribution in [0.1, 0.15) is 0 Å². The van der Waals surface area contributed by atoms with E-state index in [-0.39, 0.29) is 0 Å². The molecule has 1 heterocycles. The largest absolute Gasteiger partial charge is 0.394 e. The van der Waals surface area contributed by atoms with Gasteiger partial charge >= 0.3 is 5.82 Å². The van der Waals surface area contributed by atoms with Crippen LogP contribution in [-0.2, 0) is 9.53 Å². The first-order valence-electron chi connectivity index (χ1n) is 6.24. The highest BCUT2D eigenvalue weighted by Gasteiger charge is 2.46. The summed E-state index contributed by atoms with van der Waals surface area (Å²) < 4.78 is 5.05. The first-order valence-corrected chi connectivity index (χ1v) is 6.24. The van der Waals surface area contributed by atoms with E-state index < -0.39 is 59.2 Å². The Bertz CT molecular complexity index is 550. The van der Waals surface area contributed by atoms with Gasteiger partial charge in [-0.3, -0.25) is 15.5 Å². The lowest BCUT2D eigenvalue weighted by Crippen LogP contribution is -2.54. The molecular formula is C10H18N6O7. The van der Waals surface area contributed by atoms with E-state index in [9.17, 15) is 25.1 Å². The van der Waals surface area contributed by atoms with Gasteiger partial charge in [0.2, 0.25) is 0 Å². The quantitative estimate of drug-likeness (QED) is 0.0929. The predicted octanol–water partition coefficient (Wildman–Crippen LogP) is -4.44. The maximum atomic E-state index is 12.2. The summed E-state index contributed by atoms with van der Waals surface area (Å²) in [5.41, 5.74) is 9.20. The summed E-state index contributed by atoms with van der Waals surface area (Å²) in [4.78, 5) is 25.3. The molecule has 1 aliphatic heterocycles. The van der Waals surface area contributed by atoms with Crippen LogP contribution in [0.25, 0.3) is 0 Å². The lowest BCUT2D eigenvalue weighted by Gasteiger charge is -2.26. The Morgan fingerprint density at radius 1 is 1.39 bits per heavy atom. The topological polar surface area (TPSA) is 224 Å². The Balaban J connectivity index is 3.04. The molecule has 1 amide bonds. The molecule has 4 atom stereocenters. The normalized spacial score (nSPS) is 29.2. The lowest BCUT2D eigenvalue weighted by atomic mass is 10.1. The second-order valence-corrected chi connectivity index (χ2v) is 4.57. The van der Waals surface area contributed by atoms with E-state index in [2.05, 4.69) is 4.99 Å². The first-order chi connectivity index (χ1) is 10.7. The second-order valence-electron chi connectivity index (χ2n) is 4.57. The van der Waals surface area contributed by atoms with E-state index in [0.717, 1.165) is 7.05 Å². The Hall–Kier alpha value is -2.32. The molecule has 13 nitrogen and oxygen atoms in total. The molecule has 0 aromatic carbocycles. The summed E-state index contributed by atoms with van der Waals surface area (Å²) in [6.07, 6.45) is -5.77. The fraction of sp³-hybridized carbons (Fsp3) is 0.600.